The first-order valence-electron chi connectivity index (χ1n) is 7.01. The minimum atomic E-state index is -5.27. The van der Waals surface area contributed by atoms with Gasteiger partial charge in [0.25, 0.3) is 5.91 Å². The molecule has 0 radical (unpaired) electrons. The SMILES string of the molecule is CCOC(=O)[C@@](NC(=O)c1ccco1)(Nc1cc(C)on1)C(F)(F)F. The Morgan fingerprint density at radius 2 is 2.08 bits per heavy atom. The highest BCUT2D eigenvalue weighted by Crippen LogP contribution is 2.33. The molecule has 0 saturated heterocycles. The van der Waals surface area contributed by atoms with Gasteiger partial charge >= 0.3 is 17.8 Å². The Balaban J connectivity index is 2.45. The number of hydrogen-bond acceptors (Lipinski definition) is 7. The molecule has 0 spiro atoms. The molecule has 2 aromatic heterocycles. The Labute approximate surface area is 139 Å². The van der Waals surface area contributed by atoms with Gasteiger partial charge in [0, 0.05) is 6.07 Å². The van der Waals surface area contributed by atoms with Crippen LogP contribution in [0.5, 0.6) is 0 Å². The third-order valence-corrected chi connectivity index (χ3v) is 3.00. The highest BCUT2D eigenvalue weighted by atomic mass is 19.4. The van der Waals surface area contributed by atoms with Crippen LogP contribution in [-0.4, -0.2) is 35.5 Å². The molecule has 0 aliphatic heterocycles. The summed E-state index contributed by atoms with van der Waals surface area (Å²) in [5.74, 6) is -3.68. The second-order valence-corrected chi connectivity index (χ2v) is 4.85. The molecule has 136 valence electrons. The van der Waals surface area contributed by atoms with Gasteiger partial charge in [-0.1, -0.05) is 5.16 Å². The lowest BCUT2D eigenvalue weighted by atomic mass is 10.1. The van der Waals surface area contributed by atoms with Crippen LogP contribution in [0, 0.1) is 6.92 Å². The number of carbonyl (C=O) groups excluding carboxylic acids is 2. The van der Waals surface area contributed by atoms with E-state index < -0.39 is 35.3 Å². The van der Waals surface area contributed by atoms with Crippen molar-refractivity contribution in [3.05, 3.63) is 36.0 Å². The Morgan fingerprint density at radius 1 is 1.36 bits per heavy atom. The van der Waals surface area contributed by atoms with E-state index in [0.717, 1.165) is 18.4 Å². The molecule has 0 saturated carbocycles. The molecule has 25 heavy (non-hydrogen) atoms. The first kappa shape index (κ1) is 18.4. The summed E-state index contributed by atoms with van der Waals surface area (Å²) in [5, 5.41) is 6.80. The van der Waals surface area contributed by atoms with Crippen LogP contribution < -0.4 is 10.6 Å². The van der Waals surface area contributed by atoms with Crippen molar-refractivity contribution in [2.45, 2.75) is 25.7 Å². The number of hydrogen-bond donors (Lipinski definition) is 2. The smallest absolute Gasteiger partial charge is 0.441 e. The molecule has 2 aromatic rings. The van der Waals surface area contributed by atoms with Crippen LogP contribution in [0.25, 0.3) is 0 Å². The summed E-state index contributed by atoms with van der Waals surface area (Å²) >= 11 is 0. The molecule has 1 amide bonds. The maximum Gasteiger partial charge on any atom is 0.441 e. The van der Waals surface area contributed by atoms with Gasteiger partial charge in [0.05, 0.1) is 12.9 Å². The summed E-state index contributed by atoms with van der Waals surface area (Å²) in [6.07, 6.45) is -4.17. The number of furan rings is 1. The van der Waals surface area contributed by atoms with Crippen molar-refractivity contribution in [1.29, 1.82) is 0 Å². The Kier molecular flexibility index (Phi) is 5.04. The van der Waals surface area contributed by atoms with Crippen LogP contribution in [0.4, 0.5) is 19.0 Å². The Bertz CT molecular complexity index is 741. The number of nitrogens with one attached hydrogen (secondary N) is 2. The number of rotatable bonds is 6. The normalized spacial score (nSPS) is 13.8. The number of amides is 1. The van der Waals surface area contributed by atoms with Crippen molar-refractivity contribution in [3.63, 3.8) is 0 Å². The van der Waals surface area contributed by atoms with Crippen molar-refractivity contribution >= 4 is 17.7 Å². The minimum absolute atomic E-state index is 0.194. The Morgan fingerprint density at radius 3 is 2.56 bits per heavy atom. The molecule has 0 unspecified atom stereocenters. The predicted octanol–water partition coefficient (Wildman–Crippen LogP) is 2.24. The van der Waals surface area contributed by atoms with Crippen LogP contribution in [0.3, 0.4) is 0 Å². The Hall–Kier alpha value is -2.98. The van der Waals surface area contributed by atoms with Gasteiger partial charge in [0.2, 0.25) is 0 Å². The van der Waals surface area contributed by atoms with Crippen molar-refractivity contribution in [3.8, 4) is 0 Å². The number of aryl methyl sites for hydroxylation is 1. The molecule has 2 rings (SSSR count). The fraction of sp³-hybridized carbons (Fsp3) is 0.357. The molecule has 8 nitrogen and oxygen atoms in total. The van der Waals surface area contributed by atoms with E-state index in [1.807, 2.05) is 5.32 Å². The summed E-state index contributed by atoms with van der Waals surface area (Å²) in [6, 6.07) is 3.57. The summed E-state index contributed by atoms with van der Waals surface area (Å²) in [4.78, 5) is 24.2. The summed E-state index contributed by atoms with van der Waals surface area (Å²) in [6.45, 7) is 2.43. The van der Waals surface area contributed by atoms with E-state index in [9.17, 15) is 22.8 Å². The fourth-order valence-electron chi connectivity index (χ4n) is 1.89. The maximum atomic E-state index is 13.8. The monoisotopic (exact) mass is 361 g/mol. The third kappa shape index (κ3) is 3.75. The molecular weight excluding hydrogens is 347 g/mol. The summed E-state index contributed by atoms with van der Waals surface area (Å²) in [5.41, 5.74) is -3.59. The quantitative estimate of drug-likeness (QED) is 0.600. The minimum Gasteiger partial charge on any atom is -0.463 e. The van der Waals surface area contributed by atoms with E-state index in [2.05, 4.69) is 14.4 Å². The second-order valence-electron chi connectivity index (χ2n) is 4.85. The average molecular weight is 361 g/mol. The van der Waals surface area contributed by atoms with Gasteiger partial charge in [-0.25, -0.2) is 4.79 Å². The van der Waals surface area contributed by atoms with Crippen LogP contribution in [-0.2, 0) is 9.53 Å². The van der Waals surface area contributed by atoms with Gasteiger partial charge in [-0.3, -0.25) is 4.79 Å². The summed E-state index contributed by atoms with van der Waals surface area (Å²) < 4.78 is 55.3. The van der Waals surface area contributed by atoms with Gasteiger partial charge in [-0.2, -0.15) is 13.2 Å². The van der Waals surface area contributed by atoms with Crippen LogP contribution in [0.15, 0.2) is 33.4 Å². The molecule has 0 aliphatic rings. The van der Waals surface area contributed by atoms with Crippen LogP contribution >= 0.6 is 0 Å². The largest absolute Gasteiger partial charge is 0.463 e. The first-order valence-corrected chi connectivity index (χ1v) is 7.01. The van der Waals surface area contributed by atoms with Gasteiger partial charge in [-0.15, -0.1) is 0 Å². The summed E-state index contributed by atoms with van der Waals surface area (Å²) in [7, 11) is 0. The molecule has 0 bridgehead atoms. The van der Waals surface area contributed by atoms with Crippen molar-refractivity contribution in [2.75, 3.05) is 11.9 Å². The number of aromatic nitrogens is 1. The van der Waals surface area contributed by atoms with E-state index in [1.165, 1.54) is 19.9 Å². The average Bonchev–Trinajstić information content (AvgIpc) is 3.17. The number of alkyl halides is 3. The molecule has 2 N–H and O–H groups in total. The maximum absolute atomic E-state index is 13.8. The number of ether oxygens (including phenoxy) is 1. The van der Waals surface area contributed by atoms with Gasteiger partial charge in [-0.05, 0) is 26.0 Å². The molecule has 0 aliphatic carbocycles. The van der Waals surface area contributed by atoms with Crippen molar-refractivity contribution in [2.24, 2.45) is 0 Å². The van der Waals surface area contributed by atoms with Crippen LogP contribution in [0.2, 0.25) is 0 Å². The van der Waals surface area contributed by atoms with E-state index in [0.29, 0.717) is 0 Å². The van der Waals surface area contributed by atoms with E-state index in [4.69, 9.17) is 4.42 Å². The topological polar surface area (TPSA) is 107 Å². The molecule has 11 heteroatoms. The van der Waals surface area contributed by atoms with Gasteiger partial charge in [0.15, 0.2) is 11.6 Å². The zero-order valence-corrected chi connectivity index (χ0v) is 13.1. The zero-order valence-electron chi connectivity index (χ0n) is 13.1. The lowest BCUT2D eigenvalue weighted by Gasteiger charge is -2.34. The number of anilines is 1. The number of carbonyl (C=O) groups is 2. The first-order chi connectivity index (χ1) is 11.7. The van der Waals surface area contributed by atoms with Gasteiger partial charge in [0.1, 0.15) is 5.76 Å². The zero-order chi connectivity index (χ0) is 18.7. The molecule has 2 heterocycles. The lowest BCUT2D eigenvalue weighted by molar-refractivity contribution is -0.204. The van der Waals surface area contributed by atoms with Gasteiger partial charge < -0.3 is 24.3 Å². The highest BCUT2D eigenvalue weighted by molar-refractivity contribution is 5.97. The second kappa shape index (κ2) is 6.87. The molecule has 0 aromatic carbocycles. The van der Waals surface area contributed by atoms with E-state index in [1.54, 1.807) is 5.32 Å². The lowest BCUT2D eigenvalue weighted by Crippen LogP contribution is -2.69. The molecule has 0 fully saturated rings. The molecular formula is C14H14F3N3O5. The third-order valence-electron chi connectivity index (χ3n) is 3.00. The van der Waals surface area contributed by atoms with Crippen molar-refractivity contribution in [1.82, 2.24) is 10.5 Å². The number of esters is 1. The standard InChI is InChI=1S/C14H14F3N3O5/c1-3-23-12(22)13(14(15,16)17,18-10-7-8(2)25-20-10)19-11(21)9-5-4-6-24-9/h4-7H,3H2,1-2H3,(H,18,20)(H,19,21)/t13-/m0/s1. The fourth-order valence-corrected chi connectivity index (χ4v) is 1.89. The van der Waals surface area contributed by atoms with E-state index >= 15 is 0 Å². The number of halogens is 3. The highest BCUT2D eigenvalue weighted by Gasteiger charge is 2.64. The van der Waals surface area contributed by atoms with E-state index in [-0.39, 0.29) is 12.4 Å². The van der Waals surface area contributed by atoms with Crippen LogP contribution in [0.1, 0.15) is 23.2 Å². The predicted molar refractivity (Wildman–Crippen MR) is 76.5 cm³/mol. The number of nitrogens with zero attached hydrogens (tertiary/aromatic N) is 1. The van der Waals surface area contributed by atoms with Crippen molar-refractivity contribution < 1.29 is 36.4 Å². The molecule has 1 atom stereocenters.